The minimum Gasteiger partial charge on any atom is -0.377 e. The molecule has 1 aromatic rings. The lowest BCUT2D eigenvalue weighted by atomic mass is 10.1. The highest BCUT2D eigenvalue weighted by Crippen LogP contribution is 2.08. The van der Waals surface area contributed by atoms with Crippen LogP contribution in [-0.4, -0.2) is 19.5 Å². The molecule has 0 N–H and O–H groups in total. The first kappa shape index (κ1) is 10.8. The summed E-state index contributed by atoms with van der Waals surface area (Å²) in [6.45, 7) is -0.0435. The fourth-order valence-electron chi connectivity index (χ4n) is 1.15. The van der Waals surface area contributed by atoms with Crippen LogP contribution >= 0.6 is 0 Å². The third-order valence-electron chi connectivity index (χ3n) is 1.63. The molecule has 4 heteroatoms. The van der Waals surface area contributed by atoms with Crippen LogP contribution in [0.1, 0.15) is 5.56 Å². The van der Waals surface area contributed by atoms with E-state index in [1.807, 2.05) is 0 Å². The molecule has 2 nitrogen and oxygen atoms in total. The summed E-state index contributed by atoms with van der Waals surface area (Å²) in [6, 6.07) is 3.04. The molecular weight excluding hydrogens is 190 g/mol. The summed E-state index contributed by atoms with van der Waals surface area (Å²) in [5.74, 6) is -1.56. The van der Waals surface area contributed by atoms with Crippen LogP contribution in [0.5, 0.6) is 0 Å². The summed E-state index contributed by atoms with van der Waals surface area (Å²) in [5.41, 5.74) is 0.324. The van der Waals surface area contributed by atoms with Gasteiger partial charge in [0.25, 0.3) is 0 Å². The van der Waals surface area contributed by atoms with Crippen LogP contribution < -0.4 is 0 Å². The lowest BCUT2D eigenvalue weighted by Crippen LogP contribution is -2.09. The highest BCUT2D eigenvalue weighted by atomic mass is 19.1. The molecule has 0 unspecified atom stereocenters. The minimum atomic E-state index is -0.676. The molecule has 1 aromatic carbocycles. The average Bonchev–Trinajstić information content (AvgIpc) is 2.01. The zero-order valence-corrected chi connectivity index (χ0v) is 7.72. The first-order valence-corrected chi connectivity index (χ1v) is 4.07. The van der Waals surface area contributed by atoms with Crippen molar-refractivity contribution in [3.63, 3.8) is 0 Å². The van der Waals surface area contributed by atoms with Crippen LogP contribution in [0.2, 0.25) is 0 Å². The molecule has 1 rings (SSSR count). The van der Waals surface area contributed by atoms with Crippen LogP contribution in [0.4, 0.5) is 8.78 Å². The Hall–Kier alpha value is -1.29. The zero-order valence-electron chi connectivity index (χ0n) is 7.72. The van der Waals surface area contributed by atoms with Gasteiger partial charge >= 0.3 is 0 Å². The van der Waals surface area contributed by atoms with Crippen molar-refractivity contribution in [2.75, 3.05) is 13.7 Å². The van der Waals surface area contributed by atoms with Gasteiger partial charge in [-0.15, -0.1) is 0 Å². The molecule has 0 aliphatic carbocycles. The summed E-state index contributed by atoms with van der Waals surface area (Å²) >= 11 is 0. The molecule has 0 saturated carbocycles. The number of carbonyl (C=O) groups excluding carboxylic acids is 1. The molecule has 0 bridgehead atoms. The molecule has 0 fully saturated rings. The molecular formula is C10H10F2O2. The number of carbonyl (C=O) groups is 1. The fraction of sp³-hybridized carbons (Fsp3) is 0.300. The summed E-state index contributed by atoms with van der Waals surface area (Å²) in [6.07, 6.45) is -0.0114. The highest BCUT2D eigenvalue weighted by Gasteiger charge is 2.05. The number of benzene rings is 1. The number of methoxy groups -OCH3 is 1. The van der Waals surface area contributed by atoms with Crippen molar-refractivity contribution < 1.29 is 18.3 Å². The Labute approximate surface area is 80.5 Å². The van der Waals surface area contributed by atoms with Crippen molar-refractivity contribution in [3.05, 3.63) is 35.4 Å². The van der Waals surface area contributed by atoms with Crippen LogP contribution in [0.25, 0.3) is 0 Å². The number of halogens is 2. The molecule has 0 heterocycles. The van der Waals surface area contributed by atoms with Gasteiger partial charge in [-0.1, -0.05) is 0 Å². The normalized spacial score (nSPS) is 10.2. The molecule has 0 aliphatic rings. The monoisotopic (exact) mass is 200 g/mol. The van der Waals surface area contributed by atoms with Crippen molar-refractivity contribution in [3.8, 4) is 0 Å². The van der Waals surface area contributed by atoms with Crippen molar-refractivity contribution in [2.24, 2.45) is 0 Å². The number of ketones is 1. The van der Waals surface area contributed by atoms with Crippen molar-refractivity contribution in [1.29, 1.82) is 0 Å². The quantitative estimate of drug-likeness (QED) is 0.739. The zero-order chi connectivity index (χ0) is 10.6. The molecule has 0 amide bonds. The van der Waals surface area contributed by atoms with Crippen LogP contribution in [0, 0.1) is 11.6 Å². The lowest BCUT2D eigenvalue weighted by molar-refractivity contribution is -0.121. The third kappa shape index (κ3) is 3.22. The number of hydrogen-bond donors (Lipinski definition) is 0. The van der Waals surface area contributed by atoms with Gasteiger partial charge in [0.1, 0.15) is 18.2 Å². The Morgan fingerprint density at radius 2 is 1.86 bits per heavy atom. The maximum Gasteiger partial charge on any atom is 0.162 e. The molecule has 0 atom stereocenters. The molecule has 0 saturated heterocycles. The van der Waals surface area contributed by atoms with Crippen molar-refractivity contribution >= 4 is 5.78 Å². The van der Waals surface area contributed by atoms with Gasteiger partial charge in [0.15, 0.2) is 5.78 Å². The second kappa shape index (κ2) is 4.81. The Morgan fingerprint density at radius 1 is 1.29 bits per heavy atom. The SMILES string of the molecule is COCC(=O)Cc1cc(F)cc(F)c1. The lowest BCUT2D eigenvalue weighted by Gasteiger charge is -2.00. The second-order valence-electron chi connectivity index (χ2n) is 2.93. The van der Waals surface area contributed by atoms with E-state index in [2.05, 4.69) is 4.74 Å². The van der Waals surface area contributed by atoms with E-state index in [4.69, 9.17) is 0 Å². The number of rotatable bonds is 4. The summed E-state index contributed by atoms with van der Waals surface area (Å²) in [7, 11) is 1.39. The largest absolute Gasteiger partial charge is 0.377 e. The summed E-state index contributed by atoms with van der Waals surface area (Å²) in [5, 5.41) is 0. The predicted molar refractivity (Wildman–Crippen MR) is 46.9 cm³/mol. The Balaban J connectivity index is 2.71. The third-order valence-corrected chi connectivity index (χ3v) is 1.63. The predicted octanol–water partition coefficient (Wildman–Crippen LogP) is 1.72. The molecule has 0 spiro atoms. The smallest absolute Gasteiger partial charge is 0.162 e. The molecule has 0 aliphatic heterocycles. The topological polar surface area (TPSA) is 26.3 Å². The first-order valence-electron chi connectivity index (χ1n) is 4.07. The summed E-state index contributed by atoms with van der Waals surface area (Å²) < 4.78 is 30.0. The van der Waals surface area contributed by atoms with Gasteiger partial charge in [0.2, 0.25) is 0 Å². The van der Waals surface area contributed by atoms with Crippen molar-refractivity contribution in [2.45, 2.75) is 6.42 Å². The van der Waals surface area contributed by atoms with Gasteiger partial charge in [0.05, 0.1) is 0 Å². The minimum absolute atomic E-state index is 0.0114. The molecule has 0 radical (unpaired) electrons. The van der Waals surface area contributed by atoms with Gasteiger partial charge in [-0.3, -0.25) is 4.79 Å². The standard InChI is InChI=1S/C10H10F2O2/c1-14-6-10(13)4-7-2-8(11)5-9(12)3-7/h2-3,5H,4,6H2,1H3. The van der Waals surface area contributed by atoms with Crippen LogP contribution in [0.15, 0.2) is 18.2 Å². The van der Waals surface area contributed by atoms with E-state index in [-0.39, 0.29) is 18.8 Å². The van der Waals surface area contributed by atoms with Gasteiger partial charge in [-0.25, -0.2) is 8.78 Å². The van der Waals surface area contributed by atoms with Gasteiger partial charge in [-0.2, -0.15) is 0 Å². The fourth-order valence-corrected chi connectivity index (χ4v) is 1.15. The van der Waals surface area contributed by atoms with Gasteiger partial charge in [-0.05, 0) is 17.7 Å². The van der Waals surface area contributed by atoms with Crippen LogP contribution in [-0.2, 0) is 16.0 Å². The Kier molecular flexibility index (Phi) is 3.71. The van der Waals surface area contributed by atoms with E-state index in [0.717, 1.165) is 18.2 Å². The maximum atomic E-state index is 12.7. The van der Waals surface area contributed by atoms with E-state index < -0.39 is 11.6 Å². The Bertz CT molecular complexity index is 317. The van der Waals surface area contributed by atoms with E-state index in [1.165, 1.54) is 7.11 Å². The Morgan fingerprint density at radius 3 is 2.36 bits per heavy atom. The van der Waals surface area contributed by atoms with E-state index in [9.17, 15) is 13.6 Å². The molecule has 14 heavy (non-hydrogen) atoms. The average molecular weight is 200 g/mol. The number of Topliss-reactive ketones (excluding diaryl/α,β-unsaturated/α-hetero) is 1. The van der Waals surface area contributed by atoms with E-state index >= 15 is 0 Å². The first-order chi connectivity index (χ1) is 6.61. The number of hydrogen-bond acceptors (Lipinski definition) is 2. The van der Waals surface area contributed by atoms with E-state index in [0.29, 0.717) is 5.56 Å². The van der Waals surface area contributed by atoms with Gasteiger partial charge in [0, 0.05) is 19.6 Å². The molecule has 0 aromatic heterocycles. The maximum absolute atomic E-state index is 12.7. The van der Waals surface area contributed by atoms with E-state index in [1.54, 1.807) is 0 Å². The molecule has 76 valence electrons. The highest BCUT2D eigenvalue weighted by molar-refractivity contribution is 5.82. The van der Waals surface area contributed by atoms with Crippen molar-refractivity contribution in [1.82, 2.24) is 0 Å². The second-order valence-corrected chi connectivity index (χ2v) is 2.93. The van der Waals surface area contributed by atoms with Crippen LogP contribution in [0.3, 0.4) is 0 Å². The van der Waals surface area contributed by atoms with Gasteiger partial charge < -0.3 is 4.74 Å². The summed E-state index contributed by atoms with van der Waals surface area (Å²) in [4.78, 5) is 11.1. The number of ether oxygens (including phenoxy) is 1.